The van der Waals surface area contributed by atoms with Crippen LogP contribution in [0.5, 0.6) is 0 Å². The van der Waals surface area contributed by atoms with E-state index in [-0.39, 0.29) is 11.8 Å². The van der Waals surface area contributed by atoms with Crippen LogP contribution in [-0.2, 0) is 23.2 Å². The minimum atomic E-state index is -0.0191. The van der Waals surface area contributed by atoms with Crippen LogP contribution in [0.1, 0.15) is 43.5 Å². The Morgan fingerprint density at radius 1 is 1.28 bits per heavy atom. The standard InChI is InChI=1S/C19H26N4O2/c1-14-21-16-12-15(7-8-17(16)22(14)2)13-20-18(24)9-11-23-10-5-3-4-6-19(23)25/h7-8,12H,3-6,9-11,13H2,1-2H3,(H,20,24). The van der Waals surface area contributed by atoms with Crippen LogP contribution in [0.25, 0.3) is 11.0 Å². The van der Waals surface area contributed by atoms with Crippen molar-refractivity contribution in [3.8, 4) is 0 Å². The van der Waals surface area contributed by atoms with Crippen LogP contribution < -0.4 is 5.32 Å². The van der Waals surface area contributed by atoms with Gasteiger partial charge in [0.05, 0.1) is 11.0 Å². The first-order valence-corrected chi connectivity index (χ1v) is 9.01. The molecule has 1 aliphatic rings. The van der Waals surface area contributed by atoms with Gasteiger partial charge in [-0.25, -0.2) is 4.98 Å². The normalized spacial score (nSPS) is 15.4. The molecule has 0 spiro atoms. The molecule has 2 amide bonds. The summed E-state index contributed by atoms with van der Waals surface area (Å²) in [5.74, 6) is 1.13. The number of carbonyl (C=O) groups is 2. The highest BCUT2D eigenvalue weighted by Crippen LogP contribution is 2.16. The molecule has 1 aliphatic heterocycles. The van der Waals surface area contributed by atoms with E-state index >= 15 is 0 Å². The molecule has 0 saturated carbocycles. The van der Waals surface area contributed by atoms with E-state index in [2.05, 4.69) is 14.9 Å². The van der Waals surface area contributed by atoms with Crippen LogP contribution in [0.4, 0.5) is 0 Å². The number of nitrogens with zero attached hydrogens (tertiary/aromatic N) is 3. The average molecular weight is 342 g/mol. The average Bonchev–Trinajstić information content (AvgIpc) is 2.75. The first-order valence-electron chi connectivity index (χ1n) is 9.01. The van der Waals surface area contributed by atoms with Gasteiger partial charge in [-0.3, -0.25) is 9.59 Å². The van der Waals surface area contributed by atoms with Crippen molar-refractivity contribution >= 4 is 22.8 Å². The maximum atomic E-state index is 12.1. The van der Waals surface area contributed by atoms with E-state index in [4.69, 9.17) is 0 Å². The molecule has 2 heterocycles. The lowest BCUT2D eigenvalue weighted by Crippen LogP contribution is -2.34. The zero-order chi connectivity index (χ0) is 17.8. The van der Waals surface area contributed by atoms with Crippen LogP contribution in [-0.4, -0.2) is 39.4 Å². The number of aryl methyl sites for hydroxylation is 2. The third-order valence-electron chi connectivity index (χ3n) is 4.94. The fourth-order valence-corrected chi connectivity index (χ4v) is 3.28. The Morgan fingerprint density at radius 2 is 2.12 bits per heavy atom. The SMILES string of the molecule is Cc1nc2cc(CNC(=O)CCN3CCCCCC3=O)ccc2n1C. The molecule has 1 fully saturated rings. The molecule has 1 aromatic heterocycles. The van der Waals surface area contributed by atoms with Gasteiger partial charge in [-0.05, 0) is 37.5 Å². The number of fused-ring (bicyclic) bond motifs is 1. The van der Waals surface area contributed by atoms with Crippen molar-refractivity contribution in [3.63, 3.8) is 0 Å². The molecule has 0 atom stereocenters. The van der Waals surface area contributed by atoms with Crippen LogP contribution in [0.15, 0.2) is 18.2 Å². The van der Waals surface area contributed by atoms with Gasteiger partial charge in [-0.2, -0.15) is 0 Å². The first kappa shape index (κ1) is 17.5. The van der Waals surface area contributed by atoms with Gasteiger partial charge >= 0.3 is 0 Å². The number of carbonyl (C=O) groups excluding carboxylic acids is 2. The predicted octanol–water partition coefficient (Wildman–Crippen LogP) is 2.29. The maximum Gasteiger partial charge on any atom is 0.222 e. The van der Waals surface area contributed by atoms with E-state index in [0.717, 1.165) is 48.2 Å². The number of imidazole rings is 1. The molecule has 6 nitrogen and oxygen atoms in total. The molecule has 1 N–H and O–H groups in total. The van der Waals surface area contributed by atoms with Crippen molar-refractivity contribution < 1.29 is 9.59 Å². The highest BCUT2D eigenvalue weighted by atomic mass is 16.2. The van der Waals surface area contributed by atoms with E-state index in [9.17, 15) is 9.59 Å². The van der Waals surface area contributed by atoms with Crippen molar-refractivity contribution in [3.05, 3.63) is 29.6 Å². The molecule has 0 aliphatic carbocycles. The largest absolute Gasteiger partial charge is 0.352 e. The van der Waals surface area contributed by atoms with Gasteiger partial charge in [0.25, 0.3) is 0 Å². The highest BCUT2D eigenvalue weighted by molar-refractivity contribution is 5.80. The lowest BCUT2D eigenvalue weighted by atomic mass is 10.2. The summed E-state index contributed by atoms with van der Waals surface area (Å²) >= 11 is 0. The zero-order valence-electron chi connectivity index (χ0n) is 15.0. The number of benzene rings is 1. The number of hydrogen-bond acceptors (Lipinski definition) is 3. The topological polar surface area (TPSA) is 67.2 Å². The number of rotatable bonds is 5. The lowest BCUT2D eigenvalue weighted by molar-refractivity contribution is -0.131. The Kier molecular flexibility index (Phi) is 5.36. The van der Waals surface area contributed by atoms with Gasteiger partial charge in [-0.1, -0.05) is 12.5 Å². The predicted molar refractivity (Wildman–Crippen MR) is 97.0 cm³/mol. The van der Waals surface area contributed by atoms with E-state index in [1.54, 1.807) is 0 Å². The van der Waals surface area contributed by atoms with Gasteiger partial charge in [0.2, 0.25) is 11.8 Å². The molecule has 0 unspecified atom stereocenters. The Morgan fingerprint density at radius 3 is 2.96 bits per heavy atom. The Hall–Kier alpha value is -2.37. The zero-order valence-corrected chi connectivity index (χ0v) is 15.0. The van der Waals surface area contributed by atoms with Crippen LogP contribution in [0, 0.1) is 6.92 Å². The minimum Gasteiger partial charge on any atom is -0.352 e. The molecule has 25 heavy (non-hydrogen) atoms. The summed E-state index contributed by atoms with van der Waals surface area (Å²) in [5.41, 5.74) is 3.07. The van der Waals surface area contributed by atoms with Crippen molar-refractivity contribution in [2.45, 2.75) is 45.6 Å². The molecular weight excluding hydrogens is 316 g/mol. The summed E-state index contributed by atoms with van der Waals surface area (Å²) in [6, 6.07) is 6.07. The van der Waals surface area contributed by atoms with E-state index in [1.165, 1.54) is 0 Å². The summed E-state index contributed by atoms with van der Waals surface area (Å²) in [7, 11) is 2.00. The molecule has 3 rings (SSSR count). The smallest absolute Gasteiger partial charge is 0.222 e. The minimum absolute atomic E-state index is 0.0191. The molecule has 1 saturated heterocycles. The van der Waals surface area contributed by atoms with Gasteiger partial charge < -0.3 is 14.8 Å². The summed E-state index contributed by atoms with van der Waals surface area (Å²) in [6.07, 6.45) is 4.08. The molecule has 2 aromatic rings. The summed E-state index contributed by atoms with van der Waals surface area (Å²) in [5, 5.41) is 2.94. The van der Waals surface area contributed by atoms with Crippen molar-refractivity contribution in [2.75, 3.05) is 13.1 Å². The molecule has 134 valence electrons. The molecular formula is C19H26N4O2. The van der Waals surface area contributed by atoms with Gasteiger partial charge in [0.1, 0.15) is 5.82 Å². The fraction of sp³-hybridized carbons (Fsp3) is 0.526. The second kappa shape index (κ2) is 7.68. The van der Waals surface area contributed by atoms with Crippen molar-refractivity contribution in [1.29, 1.82) is 0 Å². The molecule has 6 heteroatoms. The van der Waals surface area contributed by atoms with E-state index < -0.39 is 0 Å². The van der Waals surface area contributed by atoms with Crippen LogP contribution in [0.3, 0.4) is 0 Å². The third-order valence-corrected chi connectivity index (χ3v) is 4.94. The Balaban J connectivity index is 1.51. The van der Waals surface area contributed by atoms with Gasteiger partial charge in [0, 0.05) is 39.5 Å². The highest BCUT2D eigenvalue weighted by Gasteiger charge is 2.17. The van der Waals surface area contributed by atoms with Crippen LogP contribution in [0.2, 0.25) is 0 Å². The second-order valence-corrected chi connectivity index (χ2v) is 6.76. The number of amides is 2. The number of likely N-dealkylation sites (tertiary alicyclic amines) is 1. The second-order valence-electron chi connectivity index (χ2n) is 6.76. The lowest BCUT2D eigenvalue weighted by Gasteiger charge is -2.20. The van der Waals surface area contributed by atoms with E-state index in [0.29, 0.717) is 25.9 Å². The number of aromatic nitrogens is 2. The molecule has 1 aromatic carbocycles. The van der Waals surface area contributed by atoms with Gasteiger partial charge in [-0.15, -0.1) is 0 Å². The van der Waals surface area contributed by atoms with Crippen molar-refractivity contribution in [1.82, 2.24) is 19.8 Å². The van der Waals surface area contributed by atoms with Gasteiger partial charge in [0.15, 0.2) is 0 Å². The fourth-order valence-electron chi connectivity index (χ4n) is 3.28. The summed E-state index contributed by atoms with van der Waals surface area (Å²) < 4.78 is 2.05. The first-order chi connectivity index (χ1) is 12.0. The Labute approximate surface area is 148 Å². The number of nitrogens with one attached hydrogen (secondary N) is 1. The molecule has 0 radical (unpaired) electrons. The number of hydrogen-bond donors (Lipinski definition) is 1. The summed E-state index contributed by atoms with van der Waals surface area (Å²) in [6.45, 7) is 3.76. The Bertz CT molecular complexity index is 781. The van der Waals surface area contributed by atoms with E-state index in [1.807, 2.05) is 37.1 Å². The summed E-state index contributed by atoms with van der Waals surface area (Å²) in [4.78, 5) is 30.4. The molecule has 0 bridgehead atoms. The quantitative estimate of drug-likeness (QED) is 0.906. The third kappa shape index (κ3) is 4.18. The van der Waals surface area contributed by atoms with Crippen LogP contribution >= 0.6 is 0 Å². The van der Waals surface area contributed by atoms with Crippen molar-refractivity contribution in [2.24, 2.45) is 7.05 Å². The monoisotopic (exact) mass is 342 g/mol. The maximum absolute atomic E-state index is 12.1.